The fourth-order valence-corrected chi connectivity index (χ4v) is 2.65. The van der Waals surface area contributed by atoms with E-state index in [1.807, 2.05) is 38.1 Å². The maximum Gasteiger partial charge on any atom is 0.266 e. The third-order valence-corrected chi connectivity index (χ3v) is 4.19. The molecule has 3 aromatic rings. The zero-order valence-electron chi connectivity index (χ0n) is 15.4. The van der Waals surface area contributed by atoms with Gasteiger partial charge in [-0.2, -0.15) is 5.10 Å². The van der Waals surface area contributed by atoms with Crippen LogP contribution in [0.1, 0.15) is 24.5 Å². The van der Waals surface area contributed by atoms with Crippen molar-refractivity contribution in [1.29, 1.82) is 0 Å². The number of benzene rings is 2. The van der Waals surface area contributed by atoms with Crippen LogP contribution in [0.3, 0.4) is 0 Å². The Morgan fingerprint density at radius 3 is 2.63 bits per heavy atom. The number of aryl methyl sites for hydroxylation is 1. The molecule has 0 spiro atoms. The fourth-order valence-electron chi connectivity index (χ4n) is 2.65. The first-order valence-electron chi connectivity index (χ1n) is 8.86. The van der Waals surface area contributed by atoms with Gasteiger partial charge in [-0.3, -0.25) is 4.79 Å². The van der Waals surface area contributed by atoms with Crippen LogP contribution in [0.2, 0.25) is 0 Å². The van der Waals surface area contributed by atoms with Gasteiger partial charge >= 0.3 is 0 Å². The topological polar surface area (TPSA) is 56.1 Å². The number of anilines is 1. The summed E-state index contributed by atoms with van der Waals surface area (Å²) in [7, 11) is 0. The molecule has 1 amide bonds. The van der Waals surface area contributed by atoms with Crippen LogP contribution in [-0.2, 0) is 11.3 Å². The van der Waals surface area contributed by atoms with E-state index in [4.69, 9.17) is 4.74 Å². The van der Waals surface area contributed by atoms with Crippen molar-refractivity contribution in [2.24, 2.45) is 0 Å². The number of hydrogen-bond acceptors (Lipinski definition) is 3. The summed E-state index contributed by atoms with van der Waals surface area (Å²) in [6.07, 6.45) is 1.24. The van der Waals surface area contributed by atoms with Gasteiger partial charge in [0.05, 0.1) is 12.7 Å². The second kappa shape index (κ2) is 8.49. The van der Waals surface area contributed by atoms with Crippen molar-refractivity contribution in [3.8, 4) is 5.75 Å². The first kappa shape index (κ1) is 18.6. The summed E-state index contributed by atoms with van der Waals surface area (Å²) in [5.74, 6) is -0.205. The van der Waals surface area contributed by atoms with Gasteiger partial charge in [0.25, 0.3) is 5.91 Å². The Morgan fingerprint density at radius 2 is 1.93 bits per heavy atom. The van der Waals surface area contributed by atoms with Gasteiger partial charge in [-0.1, -0.05) is 48.9 Å². The molecule has 0 fully saturated rings. The molecule has 0 radical (unpaired) electrons. The predicted molar refractivity (Wildman–Crippen MR) is 102 cm³/mol. The highest BCUT2D eigenvalue weighted by atomic mass is 19.1. The SMILES string of the molecule is CC[C@@H](Oc1ccccc1F)C(=O)Nc1ccnn1Cc1ccc(C)cc1. The molecule has 1 atom stereocenters. The van der Waals surface area contributed by atoms with Crippen molar-refractivity contribution >= 4 is 11.7 Å². The van der Waals surface area contributed by atoms with Gasteiger partial charge in [0, 0.05) is 6.07 Å². The molecule has 3 rings (SSSR count). The minimum absolute atomic E-state index is 0.0627. The number of carbonyl (C=O) groups is 1. The number of halogens is 1. The molecule has 2 aromatic carbocycles. The molecule has 0 bridgehead atoms. The Hall–Kier alpha value is -3.15. The maximum absolute atomic E-state index is 13.8. The van der Waals surface area contributed by atoms with Crippen LogP contribution in [0.4, 0.5) is 10.2 Å². The van der Waals surface area contributed by atoms with E-state index in [9.17, 15) is 9.18 Å². The number of aromatic nitrogens is 2. The van der Waals surface area contributed by atoms with E-state index in [0.717, 1.165) is 5.56 Å². The largest absolute Gasteiger partial charge is 0.478 e. The highest BCUT2D eigenvalue weighted by molar-refractivity contribution is 5.93. The Bertz CT molecular complexity index is 906. The molecule has 0 saturated carbocycles. The second-order valence-electron chi connectivity index (χ2n) is 6.29. The van der Waals surface area contributed by atoms with Gasteiger partial charge < -0.3 is 10.1 Å². The van der Waals surface area contributed by atoms with E-state index >= 15 is 0 Å². The zero-order chi connectivity index (χ0) is 19.2. The van der Waals surface area contributed by atoms with Crippen molar-refractivity contribution < 1.29 is 13.9 Å². The molecule has 0 aliphatic carbocycles. The Kier molecular flexibility index (Phi) is 5.86. The van der Waals surface area contributed by atoms with E-state index in [1.165, 1.54) is 17.7 Å². The van der Waals surface area contributed by atoms with Crippen molar-refractivity contribution in [3.05, 3.63) is 77.7 Å². The standard InChI is InChI=1S/C21H22FN3O2/c1-3-18(27-19-7-5-4-6-17(19)22)21(26)24-20-12-13-23-25(20)14-16-10-8-15(2)9-11-16/h4-13,18H,3,14H2,1-2H3,(H,24,26)/t18-/m1/s1. The Labute approximate surface area is 157 Å². The summed E-state index contributed by atoms with van der Waals surface area (Å²) in [6.45, 7) is 4.38. The lowest BCUT2D eigenvalue weighted by Crippen LogP contribution is -2.33. The molecule has 5 nitrogen and oxygen atoms in total. The second-order valence-corrected chi connectivity index (χ2v) is 6.29. The van der Waals surface area contributed by atoms with E-state index in [2.05, 4.69) is 10.4 Å². The minimum atomic E-state index is -0.801. The number of hydrogen-bond donors (Lipinski definition) is 1. The lowest BCUT2D eigenvalue weighted by molar-refractivity contribution is -0.123. The maximum atomic E-state index is 13.8. The molecule has 27 heavy (non-hydrogen) atoms. The summed E-state index contributed by atoms with van der Waals surface area (Å²) in [5.41, 5.74) is 2.26. The first-order valence-corrected chi connectivity index (χ1v) is 8.86. The molecule has 0 unspecified atom stereocenters. The Balaban J connectivity index is 1.69. The van der Waals surface area contributed by atoms with E-state index in [-0.39, 0.29) is 11.7 Å². The number of rotatable bonds is 7. The number of nitrogens with zero attached hydrogens (tertiary/aromatic N) is 2. The quantitative estimate of drug-likeness (QED) is 0.682. The molecule has 1 N–H and O–H groups in total. The highest BCUT2D eigenvalue weighted by Crippen LogP contribution is 2.19. The van der Waals surface area contributed by atoms with Crippen molar-refractivity contribution in [2.75, 3.05) is 5.32 Å². The number of carbonyl (C=O) groups excluding carboxylic acids is 1. The third-order valence-electron chi connectivity index (χ3n) is 4.19. The van der Waals surface area contributed by atoms with Crippen molar-refractivity contribution in [2.45, 2.75) is 32.9 Å². The van der Waals surface area contributed by atoms with E-state index in [0.29, 0.717) is 18.8 Å². The van der Waals surface area contributed by atoms with Crippen LogP contribution in [0.5, 0.6) is 5.75 Å². The van der Waals surface area contributed by atoms with Crippen LogP contribution in [-0.4, -0.2) is 21.8 Å². The van der Waals surface area contributed by atoms with Gasteiger partial charge in [-0.15, -0.1) is 0 Å². The molecule has 1 heterocycles. The van der Waals surface area contributed by atoms with Crippen LogP contribution in [0, 0.1) is 12.7 Å². The molecule has 6 heteroatoms. The first-order chi connectivity index (χ1) is 13.1. The van der Waals surface area contributed by atoms with Crippen molar-refractivity contribution in [1.82, 2.24) is 9.78 Å². The average Bonchev–Trinajstić information content (AvgIpc) is 3.09. The molecule has 0 saturated heterocycles. The summed E-state index contributed by atoms with van der Waals surface area (Å²) in [4.78, 5) is 12.6. The number of para-hydroxylation sites is 1. The molecular formula is C21H22FN3O2. The van der Waals surface area contributed by atoms with Gasteiger partial charge in [0.1, 0.15) is 5.82 Å². The molecule has 1 aromatic heterocycles. The molecule has 140 valence electrons. The number of nitrogens with one attached hydrogen (secondary N) is 1. The van der Waals surface area contributed by atoms with Crippen molar-refractivity contribution in [3.63, 3.8) is 0 Å². The fraction of sp³-hybridized carbons (Fsp3) is 0.238. The van der Waals surface area contributed by atoms with E-state index in [1.54, 1.807) is 29.1 Å². The normalized spacial score (nSPS) is 11.8. The summed E-state index contributed by atoms with van der Waals surface area (Å²) in [6, 6.07) is 15.9. The zero-order valence-corrected chi connectivity index (χ0v) is 15.4. The van der Waals surface area contributed by atoms with Crippen LogP contribution in [0.25, 0.3) is 0 Å². The van der Waals surface area contributed by atoms with Crippen LogP contribution in [0.15, 0.2) is 60.8 Å². The monoisotopic (exact) mass is 367 g/mol. The summed E-state index contributed by atoms with van der Waals surface area (Å²) in [5, 5.41) is 7.10. The summed E-state index contributed by atoms with van der Waals surface area (Å²) >= 11 is 0. The number of ether oxygens (including phenoxy) is 1. The third kappa shape index (κ3) is 4.73. The van der Waals surface area contributed by atoms with Gasteiger partial charge in [-0.05, 0) is 31.0 Å². The lowest BCUT2D eigenvalue weighted by Gasteiger charge is -2.18. The predicted octanol–water partition coefficient (Wildman–Crippen LogP) is 4.18. The minimum Gasteiger partial charge on any atom is -0.478 e. The number of amides is 1. The smallest absolute Gasteiger partial charge is 0.266 e. The van der Waals surface area contributed by atoms with Gasteiger partial charge in [0.15, 0.2) is 17.7 Å². The lowest BCUT2D eigenvalue weighted by atomic mass is 10.1. The van der Waals surface area contributed by atoms with Crippen LogP contribution < -0.4 is 10.1 Å². The average molecular weight is 367 g/mol. The molecule has 0 aliphatic rings. The van der Waals surface area contributed by atoms with Gasteiger partial charge in [-0.25, -0.2) is 9.07 Å². The molecular weight excluding hydrogens is 345 g/mol. The summed E-state index contributed by atoms with van der Waals surface area (Å²) < 4.78 is 21.1. The van der Waals surface area contributed by atoms with Crippen LogP contribution >= 0.6 is 0 Å². The van der Waals surface area contributed by atoms with E-state index < -0.39 is 11.9 Å². The Morgan fingerprint density at radius 1 is 1.19 bits per heavy atom. The highest BCUT2D eigenvalue weighted by Gasteiger charge is 2.21. The van der Waals surface area contributed by atoms with Gasteiger partial charge in [0.2, 0.25) is 0 Å². The molecule has 0 aliphatic heterocycles.